The third-order valence-corrected chi connectivity index (χ3v) is 4.44. The number of aryl methyl sites for hydroxylation is 1. The molecule has 0 saturated carbocycles. The summed E-state index contributed by atoms with van der Waals surface area (Å²) < 4.78 is 1.21. The Bertz CT molecular complexity index is 392. The summed E-state index contributed by atoms with van der Waals surface area (Å²) >= 11 is 3.64. The Morgan fingerprint density at radius 2 is 2.24 bits per heavy atom. The number of likely N-dealkylation sites (tertiary alicyclic amines) is 1. The van der Waals surface area contributed by atoms with Crippen LogP contribution >= 0.6 is 15.9 Å². The molecule has 1 aliphatic heterocycles. The smallest absolute Gasteiger partial charge is 0.0245 e. The number of piperidine rings is 1. The normalized spacial score (nSPS) is 26.1. The topological polar surface area (TPSA) is 29.3 Å². The van der Waals surface area contributed by atoms with E-state index in [0.717, 1.165) is 19.6 Å². The van der Waals surface area contributed by atoms with E-state index in [1.807, 2.05) is 0 Å². The lowest BCUT2D eigenvalue weighted by Crippen LogP contribution is -2.47. The quantitative estimate of drug-likeness (QED) is 0.909. The predicted molar refractivity (Wildman–Crippen MR) is 75.9 cm³/mol. The average molecular weight is 297 g/mol. The van der Waals surface area contributed by atoms with Crippen molar-refractivity contribution in [1.82, 2.24) is 4.90 Å². The van der Waals surface area contributed by atoms with Gasteiger partial charge in [-0.3, -0.25) is 4.90 Å². The van der Waals surface area contributed by atoms with E-state index in [4.69, 9.17) is 5.73 Å². The lowest BCUT2D eigenvalue weighted by Gasteiger charge is -2.35. The highest BCUT2D eigenvalue weighted by Gasteiger charge is 2.23. The fraction of sp³-hybridized carbons (Fsp3) is 0.571. The molecule has 1 saturated heterocycles. The second-order valence-corrected chi connectivity index (χ2v) is 6.11. The van der Waals surface area contributed by atoms with Gasteiger partial charge in [0.05, 0.1) is 0 Å². The number of nitrogens with two attached hydrogens (primary N) is 1. The van der Waals surface area contributed by atoms with Crippen molar-refractivity contribution in [2.45, 2.75) is 32.9 Å². The zero-order valence-corrected chi connectivity index (χ0v) is 12.2. The highest BCUT2D eigenvalue weighted by atomic mass is 79.9. The van der Waals surface area contributed by atoms with Gasteiger partial charge in [0.25, 0.3) is 0 Å². The molecule has 0 spiro atoms. The summed E-state index contributed by atoms with van der Waals surface area (Å²) in [6.07, 6.45) is 1.21. The third-order valence-electron chi connectivity index (χ3n) is 3.70. The molecule has 0 radical (unpaired) electrons. The van der Waals surface area contributed by atoms with Crippen LogP contribution in [0, 0.1) is 12.8 Å². The molecule has 1 heterocycles. The van der Waals surface area contributed by atoms with Gasteiger partial charge in [-0.05, 0) is 43.0 Å². The fourth-order valence-electron chi connectivity index (χ4n) is 2.33. The van der Waals surface area contributed by atoms with Gasteiger partial charge in [-0.2, -0.15) is 0 Å². The standard InChI is InChI=1S/C14H21BrN2/c1-10-3-4-12(13(15)7-10)8-17-6-5-11(2)14(16)9-17/h3-4,7,11,14H,5-6,8-9,16H2,1-2H3. The largest absolute Gasteiger partial charge is 0.326 e. The third kappa shape index (κ3) is 3.30. The van der Waals surface area contributed by atoms with Crippen LogP contribution in [0.25, 0.3) is 0 Å². The molecule has 2 rings (SSSR count). The Morgan fingerprint density at radius 3 is 2.88 bits per heavy atom. The molecule has 3 heteroatoms. The summed E-state index contributed by atoms with van der Waals surface area (Å²) in [6, 6.07) is 6.89. The lowest BCUT2D eigenvalue weighted by molar-refractivity contribution is 0.162. The van der Waals surface area contributed by atoms with E-state index < -0.39 is 0 Å². The molecule has 2 nitrogen and oxygen atoms in total. The highest BCUT2D eigenvalue weighted by Crippen LogP contribution is 2.23. The second kappa shape index (κ2) is 5.51. The summed E-state index contributed by atoms with van der Waals surface area (Å²) in [6.45, 7) is 7.55. The van der Waals surface area contributed by atoms with Crippen molar-refractivity contribution in [3.63, 3.8) is 0 Å². The molecule has 94 valence electrons. The Labute approximate surface area is 112 Å². The van der Waals surface area contributed by atoms with Gasteiger partial charge in [0.2, 0.25) is 0 Å². The lowest BCUT2D eigenvalue weighted by atomic mass is 9.94. The molecule has 0 aromatic heterocycles. The van der Waals surface area contributed by atoms with Crippen LogP contribution in [0.3, 0.4) is 0 Å². The van der Waals surface area contributed by atoms with Gasteiger partial charge in [0, 0.05) is 23.6 Å². The molecule has 1 aromatic rings. The summed E-state index contributed by atoms with van der Waals surface area (Å²) in [5.41, 5.74) is 8.79. The maximum Gasteiger partial charge on any atom is 0.0245 e. The Morgan fingerprint density at radius 1 is 1.47 bits per heavy atom. The summed E-state index contributed by atoms with van der Waals surface area (Å²) in [5.74, 6) is 0.660. The molecule has 0 amide bonds. The molecule has 1 aliphatic rings. The van der Waals surface area contributed by atoms with E-state index in [9.17, 15) is 0 Å². The number of rotatable bonds is 2. The van der Waals surface area contributed by atoms with Gasteiger partial charge >= 0.3 is 0 Å². The molecule has 1 aromatic carbocycles. The van der Waals surface area contributed by atoms with E-state index in [1.165, 1.54) is 22.0 Å². The van der Waals surface area contributed by atoms with Crippen molar-refractivity contribution >= 4 is 15.9 Å². The van der Waals surface area contributed by atoms with Crippen LogP contribution in [0.4, 0.5) is 0 Å². The van der Waals surface area contributed by atoms with Crippen LogP contribution < -0.4 is 5.73 Å². The fourth-order valence-corrected chi connectivity index (χ4v) is 2.95. The summed E-state index contributed by atoms with van der Waals surface area (Å²) in [7, 11) is 0. The van der Waals surface area contributed by atoms with Gasteiger partial charge in [-0.15, -0.1) is 0 Å². The summed E-state index contributed by atoms with van der Waals surface area (Å²) in [4.78, 5) is 2.46. The van der Waals surface area contributed by atoms with Gasteiger partial charge in [0.1, 0.15) is 0 Å². The van der Waals surface area contributed by atoms with E-state index in [0.29, 0.717) is 12.0 Å². The first-order chi connectivity index (χ1) is 8.06. The number of halogens is 1. The van der Waals surface area contributed by atoms with E-state index in [2.05, 4.69) is 52.9 Å². The van der Waals surface area contributed by atoms with Crippen molar-refractivity contribution in [3.05, 3.63) is 33.8 Å². The summed E-state index contributed by atoms with van der Waals surface area (Å²) in [5, 5.41) is 0. The van der Waals surface area contributed by atoms with Crippen LogP contribution in [-0.2, 0) is 6.54 Å². The van der Waals surface area contributed by atoms with Crippen molar-refractivity contribution in [2.75, 3.05) is 13.1 Å². The van der Waals surface area contributed by atoms with Crippen LogP contribution in [0.1, 0.15) is 24.5 Å². The van der Waals surface area contributed by atoms with Crippen LogP contribution in [0.15, 0.2) is 22.7 Å². The second-order valence-electron chi connectivity index (χ2n) is 5.26. The molecule has 0 aliphatic carbocycles. The molecule has 17 heavy (non-hydrogen) atoms. The Kier molecular flexibility index (Phi) is 4.23. The van der Waals surface area contributed by atoms with Crippen LogP contribution in [0.5, 0.6) is 0 Å². The predicted octanol–water partition coefficient (Wildman–Crippen LogP) is 2.93. The first kappa shape index (κ1) is 13.1. The zero-order valence-electron chi connectivity index (χ0n) is 10.6. The molecule has 1 fully saturated rings. The minimum absolute atomic E-state index is 0.327. The number of nitrogens with zero attached hydrogens (tertiary/aromatic N) is 1. The minimum atomic E-state index is 0.327. The average Bonchev–Trinajstić information content (AvgIpc) is 2.27. The number of benzene rings is 1. The van der Waals surface area contributed by atoms with Crippen LogP contribution in [0.2, 0.25) is 0 Å². The molecule has 2 N–H and O–H groups in total. The monoisotopic (exact) mass is 296 g/mol. The Hall–Kier alpha value is -0.380. The van der Waals surface area contributed by atoms with E-state index in [1.54, 1.807) is 0 Å². The molecular weight excluding hydrogens is 276 g/mol. The van der Waals surface area contributed by atoms with Gasteiger partial charge in [-0.25, -0.2) is 0 Å². The molecule has 0 bridgehead atoms. The number of hydrogen-bond donors (Lipinski definition) is 1. The molecule has 2 atom stereocenters. The molecular formula is C14H21BrN2. The van der Waals surface area contributed by atoms with Crippen molar-refractivity contribution in [3.8, 4) is 0 Å². The van der Waals surface area contributed by atoms with Crippen molar-refractivity contribution < 1.29 is 0 Å². The highest BCUT2D eigenvalue weighted by molar-refractivity contribution is 9.10. The van der Waals surface area contributed by atoms with E-state index in [-0.39, 0.29) is 0 Å². The van der Waals surface area contributed by atoms with Crippen molar-refractivity contribution in [2.24, 2.45) is 11.7 Å². The first-order valence-corrected chi connectivity index (χ1v) is 7.08. The molecule has 2 unspecified atom stereocenters. The van der Waals surface area contributed by atoms with Gasteiger partial charge < -0.3 is 5.73 Å². The maximum atomic E-state index is 6.13. The van der Waals surface area contributed by atoms with Gasteiger partial charge in [0.15, 0.2) is 0 Å². The minimum Gasteiger partial charge on any atom is -0.326 e. The number of hydrogen-bond acceptors (Lipinski definition) is 2. The maximum absolute atomic E-state index is 6.13. The Balaban J connectivity index is 2.01. The SMILES string of the molecule is Cc1ccc(CN2CCC(C)C(N)C2)c(Br)c1. The van der Waals surface area contributed by atoms with Crippen LogP contribution in [-0.4, -0.2) is 24.0 Å². The van der Waals surface area contributed by atoms with Crippen molar-refractivity contribution in [1.29, 1.82) is 0 Å². The van der Waals surface area contributed by atoms with Gasteiger partial charge in [-0.1, -0.05) is 35.0 Å². The zero-order chi connectivity index (χ0) is 12.4. The van der Waals surface area contributed by atoms with E-state index >= 15 is 0 Å². The first-order valence-electron chi connectivity index (χ1n) is 6.29.